The van der Waals surface area contributed by atoms with Gasteiger partial charge in [0.25, 0.3) is 0 Å². The lowest BCUT2D eigenvalue weighted by molar-refractivity contribution is 0.652. The second-order valence-electron chi connectivity index (χ2n) is 4.41. The second-order valence-corrected chi connectivity index (χ2v) is 4.41. The Balaban J connectivity index is 2.08. The minimum atomic E-state index is 0.417. The zero-order chi connectivity index (χ0) is 12.1. The number of benzene rings is 2. The fraction of sp³-hybridized carbons (Fsp3) is 0.250. The molecule has 1 atom stereocenters. The summed E-state index contributed by atoms with van der Waals surface area (Å²) in [4.78, 5) is 0. The van der Waals surface area contributed by atoms with Crippen LogP contribution in [0.1, 0.15) is 29.7 Å². The molecule has 1 unspecified atom stereocenters. The molecule has 88 valence electrons. The Hall–Kier alpha value is -1.60. The molecule has 0 heterocycles. The first-order chi connectivity index (χ1) is 8.29. The average molecular weight is 225 g/mol. The summed E-state index contributed by atoms with van der Waals surface area (Å²) >= 11 is 0. The van der Waals surface area contributed by atoms with Gasteiger partial charge >= 0.3 is 0 Å². The van der Waals surface area contributed by atoms with E-state index in [4.69, 9.17) is 0 Å². The molecule has 1 nitrogen and oxygen atoms in total. The van der Waals surface area contributed by atoms with Crippen molar-refractivity contribution in [3.05, 3.63) is 71.3 Å². The molecule has 2 rings (SSSR count). The van der Waals surface area contributed by atoms with Crippen LogP contribution in [0.25, 0.3) is 0 Å². The lowest BCUT2D eigenvalue weighted by Gasteiger charge is -2.11. The second kappa shape index (κ2) is 5.65. The molecule has 17 heavy (non-hydrogen) atoms. The Labute approximate surface area is 103 Å². The molecule has 0 spiro atoms. The maximum Gasteiger partial charge on any atom is 0.0289 e. The number of nitrogens with one attached hydrogen (secondary N) is 1. The van der Waals surface area contributed by atoms with Crippen molar-refractivity contribution in [1.82, 2.24) is 5.32 Å². The van der Waals surface area contributed by atoms with Gasteiger partial charge in [-0.15, -0.1) is 0 Å². The van der Waals surface area contributed by atoms with E-state index in [0.29, 0.717) is 6.04 Å². The van der Waals surface area contributed by atoms with Crippen LogP contribution in [-0.2, 0) is 6.42 Å². The molecule has 0 amide bonds. The van der Waals surface area contributed by atoms with Crippen molar-refractivity contribution in [3.8, 4) is 0 Å². The van der Waals surface area contributed by atoms with Crippen LogP contribution in [0, 0.1) is 0 Å². The van der Waals surface area contributed by atoms with E-state index in [1.54, 1.807) is 0 Å². The van der Waals surface area contributed by atoms with Gasteiger partial charge in [0.05, 0.1) is 0 Å². The molecule has 0 aliphatic heterocycles. The van der Waals surface area contributed by atoms with E-state index in [1.165, 1.54) is 16.7 Å². The molecule has 0 radical (unpaired) electrons. The molecule has 0 bridgehead atoms. The van der Waals surface area contributed by atoms with Gasteiger partial charge in [-0.1, -0.05) is 54.6 Å². The summed E-state index contributed by atoms with van der Waals surface area (Å²) in [7, 11) is 1.99. The summed E-state index contributed by atoms with van der Waals surface area (Å²) in [5.41, 5.74) is 4.06. The summed E-state index contributed by atoms with van der Waals surface area (Å²) in [6.45, 7) is 2.17. The van der Waals surface area contributed by atoms with Gasteiger partial charge in [-0.05, 0) is 37.1 Å². The normalized spacial score (nSPS) is 12.4. The van der Waals surface area contributed by atoms with Gasteiger partial charge in [0, 0.05) is 6.04 Å². The molecule has 2 aromatic rings. The summed E-state index contributed by atoms with van der Waals surface area (Å²) in [5, 5.41) is 3.25. The van der Waals surface area contributed by atoms with Crippen LogP contribution in [-0.4, -0.2) is 7.05 Å². The molecule has 0 aliphatic carbocycles. The zero-order valence-electron chi connectivity index (χ0n) is 10.5. The van der Waals surface area contributed by atoms with Gasteiger partial charge in [0.15, 0.2) is 0 Å². The Morgan fingerprint density at radius 2 is 1.47 bits per heavy atom. The first-order valence-corrected chi connectivity index (χ1v) is 6.09. The molecular formula is C16H19N. The minimum Gasteiger partial charge on any atom is -0.313 e. The van der Waals surface area contributed by atoms with Crippen molar-refractivity contribution in [2.24, 2.45) is 0 Å². The van der Waals surface area contributed by atoms with E-state index in [-0.39, 0.29) is 0 Å². The van der Waals surface area contributed by atoms with Gasteiger partial charge in [-0.3, -0.25) is 0 Å². The maximum atomic E-state index is 3.25. The Morgan fingerprint density at radius 3 is 2.06 bits per heavy atom. The third kappa shape index (κ3) is 3.18. The largest absolute Gasteiger partial charge is 0.313 e. The number of hydrogen-bond donors (Lipinski definition) is 1. The lowest BCUT2D eigenvalue weighted by Crippen LogP contribution is -2.12. The van der Waals surface area contributed by atoms with Gasteiger partial charge in [-0.25, -0.2) is 0 Å². The molecule has 0 saturated heterocycles. The number of rotatable bonds is 4. The Kier molecular flexibility index (Phi) is 3.94. The highest BCUT2D eigenvalue weighted by molar-refractivity contribution is 5.29. The molecule has 0 aromatic heterocycles. The van der Waals surface area contributed by atoms with Crippen molar-refractivity contribution in [1.29, 1.82) is 0 Å². The molecule has 1 N–H and O–H groups in total. The third-order valence-electron chi connectivity index (χ3n) is 3.16. The predicted molar refractivity (Wildman–Crippen MR) is 73.2 cm³/mol. The fourth-order valence-electron chi connectivity index (χ4n) is 1.92. The van der Waals surface area contributed by atoms with Crippen molar-refractivity contribution < 1.29 is 0 Å². The summed E-state index contributed by atoms with van der Waals surface area (Å²) in [5.74, 6) is 0. The maximum absolute atomic E-state index is 3.25. The van der Waals surface area contributed by atoms with Crippen molar-refractivity contribution in [2.75, 3.05) is 7.05 Å². The summed E-state index contributed by atoms with van der Waals surface area (Å²) in [6.07, 6.45) is 1.01. The highest BCUT2D eigenvalue weighted by Crippen LogP contribution is 2.15. The molecule has 0 saturated carbocycles. The fourth-order valence-corrected chi connectivity index (χ4v) is 1.92. The van der Waals surface area contributed by atoms with Gasteiger partial charge in [0.2, 0.25) is 0 Å². The van der Waals surface area contributed by atoms with Crippen LogP contribution in [0.2, 0.25) is 0 Å². The average Bonchev–Trinajstić information content (AvgIpc) is 2.40. The van der Waals surface area contributed by atoms with Crippen LogP contribution in [0.15, 0.2) is 54.6 Å². The van der Waals surface area contributed by atoms with Crippen molar-refractivity contribution in [3.63, 3.8) is 0 Å². The van der Waals surface area contributed by atoms with Gasteiger partial charge in [-0.2, -0.15) is 0 Å². The molecular weight excluding hydrogens is 206 g/mol. The van der Waals surface area contributed by atoms with Gasteiger partial charge < -0.3 is 5.32 Å². The molecule has 0 fully saturated rings. The topological polar surface area (TPSA) is 12.0 Å². The minimum absolute atomic E-state index is 0.417. The van der Waals surface area contributed by atoms with E-state index < -0.39 is 0 Å². The Bertz CT molecular complexity index is 445. The predicted octanol–water partition coefficient (Wildman–Crippen LogP) is 3.56. The number of hydrogen-bond acceptors (Lipinski definition) is 1. The smallest absolute Gasteiger partial charge is 0.0289 e. The SMILES string of the molecule is CNC(C)c1ccc(Cc2ccccc2)cc1. The van der Waals surface area contributed by atoms with Crippen molar-refractivity contribution in [2.45, 2.75) is 19.4 Å². The van der Waals surface area contributed by atoms with Gasteiger partial charge in [0.1, 0.15) is 0 Å². The van der Waals surface area contributed by atoms with Crippen LogP contribution in [0.5, 0.6) is 0 Å². The quantitative estimate of drug-likeness (QED) is 0.839. The van der Waals surface area contributed by atoms with E-state index in [0.717, 1.165) is 6.42 Å². The zero-order valence-corrected chi connectivity index (χ0v) is 10.5. The first kappa shape index (κ1) is 11.9. The van der Waals surface area contributed by atoms with E-state index >= 15 is 0 Å². The molecule has 1 heteroatoms. The van der Waals surface area contributed by atoms with Crippen LogP contribution >= 0.6 is 0 Å². The highest BCUT2D eigenvalue weighted by atomic mass is 14.8. The van der Waals surface area contributed by atoms with Crippen LogP contribution < -0.4 is 5.32 Å². The first-order valence-electron chi connectivity index (χ1n) is 6.09. The summed E-state index contributed by atoms with van der Waals surface area (Å²) < 4.78 is 0. The van der Waals surface area contributed by atoms with E-state index in [1.807, 2.05) is 7.05 Å². The third-order valence-corrected chi connectivity index (χ3v) is 3.16. The van der Waals surface area contributed by atoms with Crippen LogP contribution in [0.4, 0.5) is 0 Å². The van der Waals surface area contributed by atoms with E-state index in [9.17, 15) is 0 Å². The Morgan fingerprint density at radius 1 is 0.882 bits per heavy atom. The highest BCUT2D eigenvalue weighted by Gasteiger charge is 2.02. The monoisotopic (exact) mass is 225 g/mol. The van der Waals surface area contributed by atoms with Crippen molar-refractivity contribution >= 4 is 0 Å². The summed E-state index contributed by atoms with van der Waals surface area (Å²) in [6, 6.07) is 19.8. The lowest BCUT2D eigenvalue weighted by atomic mass is 10.0. The molecule has 0 aliphatic rings. The van der Waals surface area contributed by atoms with E-state index in [2.05, 4.69) is 66.8 Å². The standard InChI is InChI=1S/C16H19N/c1-13(17-2)16-10-8-15(9-11-16)12-14-6-4-3-5-7-14/h3-11,13,17H,12H2,1-2H3. The molecule has 2 aromatic carbocycles. The van der Waals surface area contributed by atoms with Crippen LogP contribution in [0.3, 0.4) is 0 Å².